The molecule has 0 radical (unpaired) electrons. The SMILES string of the molecule is O=S(=O)(c1ccc(Sc2nnc(-c3cccs3)o2)cc1)C(F)F. The van der Waals surface area contributed by atoms with E-state index in [0.717, 1.165) is 28.8 Å². The molecule has 1 aromatic carbocycles. The fourth-order valence-corrected chi connectivity index (χ4v) is 3.69. The number of halogens is 2. The Hall–Kier alpha value is -1.78. The Kier molecular flexibility index (Phi) is 4.46. The molecular weight excluding hydrogens is 366 g/mol. The van der Waals surface area contributed by atoms with Gasteiger partial charge in [0.15, 0.2) is 0 Å². The fourth-order valence-electron chi connectivity index (χ4n) is 1.65. The molecule has 0 saturated heterocycles. The highest BCUT2D eigenvalue weighted by molar-refractivity contribution is 7.99. The normalized spacial score (nSPS) is 12.0. The molecule has 0 saturated carbocycles. The zero-order valence-electron chi connectivity index (χ0n) is 11.2. The number of nitrogens with zero attached hydrogens (tertiary/aromatic N) is 2. The summed E-state index contributed by atoms with van der Waals surface area (Å²) in [6.45, 7) is 0. The van der Waals surface area contributed by atoms with E-state index in [4.69, 9.17) is 4.42 Å². The van der Waals surface area contributed by atoms with E-state index >= 15 is 0 Å². The Morgan fingerprint density at radius 2 is 1.87 bits per heavy atom. The van der Waals surface area contributed by atoms with Crippen LogP contribution in [0.3, 0.4) is 0 Å². The van der Waals surface area contributed by atoms with Gasteiger partial charge >= 0.3 is 5.76 Å². The van der Waals surface area contributed by atoms with E-state index in [-0.39, 0.29) is 5.22 Å². The van der Waals surface area contributed by atoms with Gasteiger partial charge in [-0.25, -0.2) is 8.42 Å². The summed E-state index contributed by atoms with van der Waals surface area (Å²) in [5.41, 5.74) is 0. The van der Waals surface area contributed by atoms with Crippen LogP contribution in [0.4, 0.5) is 8.78 Å². The average Bonchev–Trinajstić information content (AvgIpc) is 3.18. The molecule has 2 aromatic heterocycles. The fraction of sp³-hybridized carbons (Fsp3) is 0.0769. The van der Waals surface area contributed by atoms with E-state index in [1.54, 1.807) is 0 Å². The smallest absolute Gasteiger partial charge is 0.341 e. The number of sulfone groups is 1. The Morgan fingerprint density at radius 3 is 2.48 bits per heavy atom. The van der Waals surface area contributed by atoms with Crippen LogP contribution in [0.1, 0.15) is 0 Å². The van der Waals surface area contributed by atoms with Gasteiger partial charge in [0.1, 0.15) is 0 Å². The molecule has 0 unspecified atom stereocenters. The molecule has 0 aliphatic rings. The highest BCUT2D eigenvalue weighted by Gasteiger charge is 2.26. The topological polar surface area (TPSA) is 73.1 Å². The molecule has 5 nitrogen and oxygen atoms in total. The van der Waals surface area contributed by atoms with Crippen LogP contribution >= 0.6 is 23.1 Å². The second kappa shape index (κ2) is 6.38. The lowest BCUT2D eigenvalue weighted by Crippen LogP contribution is -2.10. The molecule has 3 rings (SSSR count). The first kappa shape index (κ1) is 16.1. The van der Waals surface area contributed by atoms with Crippen LogP contribution in [0.25, 0.3) is 10.8 Å². The number of benzene rings is 1. The third kappa shape index (κ3) is 3.43. The van der Waals surface area contributed by atoms with Crippen molar-refractivity contribution in [3.8, 4) is 10.8 Å². The maximum absolute atomic E-state index is 12.5. The number of aromatic nitrogens is 2. The molecule has 0 bridgehead atoms. The van der Waals surface area contributed by atoms with Gasteiger partial charge < -0.3 is 4.42 Å². The second-order valence-corrected chi connectivity index (χ2v) is 8.12. The molecule has 10 heteroatoms. The van der Waals surface area contributed by atoms with Gasteiger partial charge in [-0.2, -0.15) is 8.78 Å². The molecule has 2 heterocycles. The molecule has 0 spiro atoms. The van der Waals surface area contributed by atoms with Gasteiger partial charge in [-0.05, 0) is 47.5 Å². The molecule has 0 fully saturated rings. The summed E-state index contributed by atoms with van der Waals surface area (Å²) in [6.07, 6.45) is 0. The third-order valence-corrected chi connectivity index (χ3v) is 5.83. The van der Waals surface area contributed by atoms with Gasteiger partial charge in [0, 0.05) is 4.90 Å². The number of thiophene rings is 1. The van der Waals surface area contributed by atoms with E-state index in [2.05, 4.69) is 10.2 Å². The van der Waals surface area contributed by atoms with E-state index < -0.39 is 20.5 Å². The van der Waals surface area contributed by atoms with Gasteiger partial charge in [-0.3, -0.25) is 0 Å². The molecular formula is C13H8F2N2O3S3. The van der Waals surface area contributed by atoms with Crippen molar-refractivity contribution in [1.82, 2.24) is 10.2 Å². The third-order valence-electron chi connectivity index (χ3n) is 2.73. The van der Waals surface area contributed by atoms with Crippen LogP contribution in [0, 0.1) is 0 Å². The summed E-state index contributed by atoms with van der Waals surface area (Å²) in [6, 6.07) is 8.78. The van der Waals surface area contributed by atoms with Crippen molar-refractivity contribution < 1.29 is 21.6 Å². The van der Waals surface area contributed by atoms with Crippen LogP contribution < -0.4 is 0 Å². The number of hydrogen-bond donors (Lipinski definition) is 0. The predicted octanol–water partition coefficient (Wildman–Crippen LogP) is 3.95. The van der Waals surface area contributed by atoms with Gasteiger partial charge in [0.2, 0.25) is 9.84 Å². The first-order chi connectivity index (χ1) is 11.0. The first-order valence-electron chi connectivity index (χ1n) is 6.14. The van der Waals surface area contributed by atoms with Gasteiger partial charge in [-0.1, -0.05) is 6.07 Å². The van der Waals surface area contributed by atoms with Crippen molar-refractivity contribution in [2.24, 2.45) is 0 Å². The van der Waals surface area contributed by atoms with E-state index in [0.29, 0.717) is 10.8 Å². The molecule has 0 amide bonds. The lowest BCUT2D eigenvalue weighted by Gasteiger charge is -2.03. The quantitative estimate of drug-likeness (QED) is 0.673. The summed E-state index contributed by atoms with van der Waals surface area (Å²) < 4.78 is 53.1. The maximum atomic E-state index is 12.5. The molecule has 0 atom stereocenters. The van der Waals surface area contributed by atoms with E-state index in [9.17, 15) is 17.2 Å². The Balaban J connectivity index is 1.77. The zero-order valence-corrected chi connectivity index (χ0v) is 13.7. The molecule has 0 aliphatic carbocycles. The lowest BCUT2D eigenvalue weighted by molar-refractivity contribution is 0.234. The number of hydrogen-bond acceptors (Lipinski definition) is 7. The minimum Gasteiger partial charge on any atom is -0.410 e. The second-order valence-electron chi connectivity index (χ2n) is 4.23. The molecule has 3 aromatic rings. The van der Waals surface area contributed by atoms with Gasteiger partial charge in [0.25, 0.3) is 11.1 Å². The zero-order chi connectivity index (χ0) is 16.4. The Bertz CT molecular complexity index is 891. The van der Waals surface area contributed by atoms with Crippen molar-refractivity contribution in [2.75, 3.05) is 0 Å². The summed E-state index contributed by atoms with van der Waals surface area (Å²) in [7, 11) is -4.58. The van der Waals surface area contributed by atoms with Crippen molar-refractivity contribution >= 4 is 32.9 Å². The van der Waals surface area contributed by atoms with Crippen LogP contribution in [0.15, 0.2) is 61.2 Å². The van der Waals surface area contributed by atoms with E-state index in [1.165, 1.54) is 23.5 Å². The maximum Gasteiger partial charge on any atom is 0.341 e. The van der Waals surface area contributed by atoms with Gasteiger partial charge in [-0.15, -0.1) is 21.5 Å². The summed E-state index contributed by atoms with van der Waals surface area (Å²) in [5.74, 6) is -3.05. The lowest BCUT2D eigenvalue weighted by atomic mass is 10.4. The molecule has 120 valence electrons. The van der Waals surface area contributed by atoms with Crippen molar-refractivity contribution in [3.63, 3.8) is 0 Å². The molecule has 0 aliphatic heterocycles. The highest BCUT2D eigenvalue weighted by Crippen LogP contribution is 2.31. The first-order valence-corrected chi connectivity index (χ1v) is 9.38. The monoisotopic (exact) mass is 374 g/mol. The Labute approximate surface area is 138 Å². The predicted molar refractivity (Wildman–Crippen MR) is 81.4 cm³/mol. The summed E-state index contributed by atoms with van der Waals surface area (Å²) >= 11 is 2.58. The van der Waals surface area contributed by atoms with Crippen LogP contribution in [0.5, 0.6) is 0 Å². The van der Waals surface area contributed by atoms with Gasteiger partial charge in [0.05, 0.1) is 9.77 Å². The number of rotatable bonds is 5. The van der Waals surface area contributed by atoms with Crippen LogP contribution in [0.2, 0.25) is 0 Å². The van der Waals surface area contributed by atoms with Crippen LogP contribution in [-0.4, -0.2) is 24.4 Å². The average molecular weight is 374 g/mol. The molecule has 0 N–H and O–H groups in total. The van der Waals surface area contributed by atoms with Crippen LogP contribution in [-0.2, 0) is 9.84 Å². The largest absolute Gasteiger partial charge is 0.410 e. The standard InChI is InChI=1S/C13H8F2N2O3S3/c14-12(15)23(18,19)9-5-3-8(4-6-9)22-13-17-16-11(20-13)10-2-1-7-21-10/h1-7,12H. The minimum atomic E-state index is -4.58. The van der Waals surface area contributed by atoms with Crippen molar-refractivity contribution in [1.29, 1.82) is 0 Å². The van der Waals surface area contributed by atoms with Crippen molar-refractivity contribution in [2.45, 2.75) is 20.8 Å². The summed E-state index contributed by atoms with van der Waals surface area (Å²) in [5, 5.41) is 9.95. The van der Waals surface area contributed by atoms with Crippen molar-refractivity contribution in [3.05, 3.63) is 41.8 Å². The highest BCUT2D eigenvalue weighted by atomic mass is 32.2. The summed E-state index contributed by atoms with van der Waals surface area (Å²) in [4.78, 5) is 1.00. The number of alkyl halides is 2. The Morgan fingerprint density at radius 1 is 1.13 bits per heavy atom. The van der Waals surface area contributed by atoms with E-state index in [1.807, 2.05) is 17.5 Å². The minimum absolute atomic E-state index is 0.276. The molecule has 23 heavy (non-hydrogen) atoms.